The average molecular weight is 562 g/mol. The van der Waals surface area contributed by atoms with Crippen LogP contribution in [0, 0.1) is 0 Å². The number of hydrogen-bond acceptors (Lipinski definition) is 5. The smallest absolute Gasteiger partial charge is 0.537 e. The molecule has 35 heavy (non-hydrogen) atoms. The van der Waals surface area contributed by atoms with E-state index in [4.69, 9.17) is 14.4 Å². The molecule has 0 unspecified atom stereocenters. The number of halogens is 1. The van der Waals surface area contributed by atoms with E-state index in [2.05, 4.69) is 70.5 Å². The molecular formula is C28H23BBrO3S2. The zero-order valence-corrected chi connectivity index (χ0v) is 22.2. The van der Waals surface area contributed by atoms with Gasteiger partial charge in [-0.2, -0.15) is 0 Å². The molecule has 0 aliphatic carbocycles. The van der Waals surface area contributed by atoms with Crippen LogP contribution in [0.5, 0.6) is 5.75 Å². The third kappa shape index (κ3) is 5.71. The lowest BCUT2D eigenvalue weighted by atomic mass is 10.1. The Labute approximate surface area is 221 Å². The minimum Gasteiger partial charge on any atom is -0.537 e. The van der Waals surface area contributed by atoms with Crippen molar-refractivity contribution in [1.82, 2.24) is 0 Å². The molecule has 1 aliphatic heterocycles. The molecule has 0 amide bonds. The SMILES string of the molecule is Brc1ccc2sc3ccccc3c2c1.C1CCOC1.O[B]Oc1ccc2sc3ccccc3c2c1. The molecule has 1 fully saturated rings. The summed E-state index contributed by atoms with van der Waals surface area (Å²) in [6.45, 7) is 2.00. The fraction of sp³-hybridized carbons (Fsp3) is 0.143. The van der Waals surface area contributed by atoms with Gasteiger partial charge in [0.2, 0.25) is 0 Å². The van der Waals surface area contributed by atoms with Crippen LogP contribution in [0.2, 0.25) is 0 Å². The summed E-state index contributed by atoms with van der Waals surface area (Å²) in [6, 6.07) is 29.1. The molecule has 3 nitrogen and oxygen atoms in total. The highest BCUT2D eigenvalue weighted by molar-refractivity contribution is 9.10. The van der Waals surface area contributed by atoms with Crippen molar-refractivity contribution in [2.24, 2.45) is 0 Å². The molecule has 3 heterocycles. The quantitative estimate of drug-likeness (QED) is 0.215. The molecule has 2 aromatic heterocycles. The third-order valence-electron chi connectivity index (χ3n) is 5.70. The van der Waals surface area contributed by atoms with Gasteiger partial charge < -0.3 is 14.4 Å². The monoisotopic (exact) mass is 561 g/mol. The van der Waals surface area contributed by atoms with E-state index in [1.807, 2.05) is 41.7 Å². The molecule has 4 aromatic carbocycles. The van der Waals surface area contributed by atoms with E-state index in [-0.39, 0.29) is 0 Å². The van der Waals surface area contributed by atoms with E-state index in [1.165, 1.54) is 53.2 Å². The first-order valence-electron chi connectivity index (χ1n) is 11.4. The normalized spacial score (nSPS) is 12.9. The highest BCUT2D eigenvalue weighted by atomic mass is 79.9. The van der Waals surface area contributed by atoms with E-state index in [0.29, 0.717) is 13.4 Å². The maximum atomic E-state index is 8.61. The van der Waals surface area contributed by atoms with Crippen LogP contribution >= 0.6 is 38.6 Å². The number of ether oxygens (including phenoxy) is 1. The van der Waals surface area contributed by atoms with Crippen LogP contribution in [0.15, 0.2) is 89.4 Å². The van der Waals surface area contributed by atoms with Crippen molar-refractivity contribution in [2.75, 3.05) is 13.2 Å². The number of hydrogen-bond donors (Lipinski definition) is 1. The van der Waals surface area contributed by atoms with E-state index in [9.17, 15) is 0 Å². The first-order chi connectivity index (χ1) is 17.2. The van der Waals surface area contributed by atoms with Gasteiger partial charge in [0, 0.05) is 58.0 Å². The molecule has 6 aromatic rings. The van der Waals surface area contributed by atoms with Crippen LogP contribution < -0.4 is 4.65 Å². The molecule has 175 valence electrons. The Kier molecular flexibility index (Phi) is 8.01. The lowest BCUT2D eigenvalue weighted by Gasteiger charge is -2.00. The van der Waals surface area contributed by atoms with Crippen LogP contribution in [0.3, 0.4) is 0 Å². The van der Waals surface area contributed by atoms with Crippen molar-refractivity contribution in [1.29, 1.82) is 0 Å². The highest BCUT2D eigenvalue weighted by Crippen LogP contribution is 2.36. The molecule has 0 bridgehead atoms. The van der Waals surface area contributed by atoms with E-state index >= 15 is 0 Å². The third-order valence-corrected chi connectivity index (χ3v) is 8.50. The van der Waals surface area contributed by atoms with Crippen LogP contribution in [0.4, 0.5) is 0 Å². The number of fused-ring (bicyclic) bond motifs is 6. The molecule has 1 radical (unpaired) electrons. The molecule has 1 N–H and O–H groups in total. The first-order valence-corrected chi connectivity index (χ1v) is 13.8. The minimum atomic E-state index is 0.651. The largest absolute Gasteiger partial charge is 0.569 e. The summed E-state index contributed by atoms with van der Waals surface area (Å²) < 4.78 is 16.3. The van der Waals surface area contributed by atoms with Gasteiger partial charge in [-0.05, 0) is 61.4 Å². The van der Waals surface area contributed by atoms with Crippen molar-refractivity contribution in [3.63, 3.8) is 0 Å². The summed E-state index contributed by atoms with van der Waals surface area (Å²) in [5.74, 6) is 0.651. The fourth-order valence-electron chi connectivity index (χ4n) is 4.05. The van der Waals surface area contributed by atoms with Gasteiger partial charge in [-0.15, -0.1) is 22.7 Å². The van der Waals surface area contributed by atoms with Crippen molar-refractivity contribution >= 4 is 86.6 Å². The number of thiophene rings is 2. The summed E-state index contributed by atoms with van der Waals surface area (Å²) in [5, 5.41) is 13.7. The molecular weight excluding hydrogens is 539 g/mol. The standard InChI is InChI=1S/C12H8BO2S.C12H7BrS.C4H8O/c14-13-15-8-5-6-12-10(7-8)9-3-1-2-4-11(9)16-12;13-8-5-6-12-10(7-8)9-3-1-2-4-11(9)14-12;1-2-4-5-3-1/h1-7,14H;1-7H;1-4H2. The first kappa shape index (κ1) is 24.3. The molecule has 7 rings (SSSR count). The zero-order chi connectivity index (χ0) is 24.0. The van der Waals surface area contributed by atoms with Gasteiger partial charge in [0.1, 0.15) is 5.75 Å². The summed E-state index contributed by atoms with van der Waals surface area (Å²) in [7, 11) is 0.704. The summed E-state index contributed by atoms with van der Waals surface area (Å²) in [4.78, 5) is 0. The minimum absolute atomic E-state index is 0.651. The maximum absolute atomic E-state index is 8.61. The predicted octanol–water partition coefficient (Wildman–Crippen LogP) is 8.57. The highest BCUT2D eigenvalue weighted by Gasteiger charge is 2.06. The second-order valence-corrected chi connectivity index (χ2v) is 11.1. The molecule has 7 heteroatoms. The second-order valence-electron chi connectivity index (χ2n) is 8.04. The second kappa shape index (κ2) is 11.5. The lowest BCUT2D eigenvalue weighted by Crippen LogP contribution is -1.98. The van der Waals surface area contributed by atoms with E-state index < -0.39 is 0 Å². The van der Waals surface area contributed by atoms with Crippen LogP contribution in [-0.4, -0.2) is 25.9 Å². The molecule has 0 atom stereocenters. The summed E-state index contributed by atoms with van der Waals surface area (Å²) >= 11 is 7.12. The Balaban J connectivity index is 0.000000122. The van der Waals surface area contributed by atoms with E-state index in [0.717, 1.165) is 17.7 Å². The van der Waals surface area contributed by atoms with Gasteiger partial charge in [0.05, 0.1) is 0 Å². The Morgan fingerprint density at radius 2 is 1.23 bits per heavy atom. The Hall–Kier alpha value is -2.42. The van der Waals surface area contributed by atoms with Gasteiger partial charge >= 0.3 is 7.69 Å². The lowest BCUT2D eigenvalue weighted by molar-refractivity contribution is 0.198. The van der Waals surface area contributed by atoms with Crippen LogP contribution in [0.1, 0.15) is 12.8 Å². The molecule has 0 spiro atoms. The van der Waals surface area contributed by atoms with Gasteiger partial charge in [-0.1, -0.05) is 52.3 Å². The number of rotatable bonds is 2. The summed E-state index contributed by atoms with van der Waals surface area (Å²) in [6.07, 6.45) is 2.56. The van der Waals surface area contributed by atoms with Crippen molar-refractivity contribution in [3.05, 3.63) is 89.4 Å². The van der Waals surface area contributed by atoms with Crippen molar-refractivity contribution in [2.45, 2.75) is 12.8 Å². The number of benzene rings is 4. The van der Waals surface area contributed by atoms with E-state index in [1.54, 1.807) is 11.3 Å². The topological polar surface area (TPSA) is 38.7 Å². The fourth-order valence-corrected chi connectivity index (χ4v) is 6.58. The van der Waals surface area contributed by atoms with Gasteiger partial charge in [-0.25, -0.2) is 0 Å². The predicted molar refractivity (Wildman–Crippen MR) is 155 cm³/mol. The zero-order valence-electron chi connectivity index (χ0n) is 18.9. The Morgan fingerprint density at radius 3 is 1.80 bits per heavy atom. The van der Waals surface area contributed by atoms with Gasteiger partial charge in [-0.3, -0.25) is 0 Å². The molecule has 1 aliphatic rings. The van der Waals surface area contributed by atoms with Crippen LogP contribution in [-0.2, 0) is 4.74 Å². The van der Waals surface area contributed by atoms with Crippen LogP contribution in [0.25, 0.3) is 40.3 Å². The van der Waals surface area contributed by atoms with Gasteiger partial charge in [0.15, 0.2) is 0 Å². The van der Waals surface area contributed by atoms with Crippen molar-refractivity contribution < 1.29 is 14.4 Å². The Morgan fingerprint density at radius 1 is 0.686 bits per heavy atom. The summed E-state index contributed by atoms with van der Waals surface area (Å²) in [5.41, 5.74) is 0. The average Bonchev–Trinajstić information content (AvgIpc) is 3.64. The van der Waals surface area contributed by atoms with Crippen molar-refractivity contribution in [3.8, 4) is 5.75 Å². The molecule has 0 saturated carbocycles. The van der Waals surface area contributed by atoms with Gasteiger partial charge in [0.25, 0.3) is 0 Å². The maximum Gasteiger partial charge on any atom is 0.569 e. The Bertz CT molecular complexity index is 1570. The molecule has 1 saturated heterocycles.